The van der Waals surface area contributed by atoms with Crippen LogP contribution < -0.4 is 0 Å². The third-order valence-corrected chi connectivity index (χ3v) is 3.62. The Morgan fingerprint density at radius 1 is 1.35 bits per heavy atom. The molecule has 2 aromatic rings. The number of carboxylic acid groups (broad SMARTS) is 1. The summed E-state index contributed by atoms with van der Waals surface area (Å²) < 4.78 is 0. The fourth-order valence-electron chi connectivity index (χ4n) is 2.49. The van der Waals surface area contributed by atoms with E-state index < -0.39 is 5.97 Å². The van der Waals surface area contributed by atoms with Gasteiger partial charge in [-0.05, 0) is 24.4 Å². The van der Waals surface area contributed by atoms with Crippen LogP contribution in [0.3, 0.4) is 0 Å². The van der Waals surface area contributed by atoms with Crippen molar-refractivity contribution in [1.82, 2.24) is 9.88 Å². The van der Waals surface area contributed by atoms with Crippen molar-refractivity contribution in [2.24, 2.45) is 0 Å². The van der Waals surface area contributed by atoms with Crippen molar-refractivity contribution in [2.45, 2.75) is 32.9 Å². The fraction of sp³-hybridized carbons (Fsp3) is 0.375. The van der Waals surface area contributed by atoms with Gasteiger partial charge in [0.15, 0.2) is 0 Å². The standard InChI is InChI=1S/C16H20N2O2/c1-3-18(12(2)8-16(19)20)11-14-10-17-9-13-6-4-5-7-15(13)14/h4-7,9-10,12H,3,8,11H2,1-2H3,(H,19,20). The number of pyridine rings is 1. The summed E-state index contributed by atoms with van der Waals surface area (Å²) in [5.41, 5.74) is 1.14. The molecule has 0 radical (unpaired) electrons. The number of rotatable bonds is 6. The Labute approximate surface area is 119 Å². The van der Waals surface area contributed by atoms with Crippen LogP contribution in [0.5, 0.6) is 0 Å². The molecule has 1 atom stereocenters. The summed E-state index contributed by atoms with van der Waals surface area (Å²) in [7, 11) is 0. The lowest BCUT2D eigenvalue weighted by molar-refractivity contribution is -0.138. The second-order valence-corrected chi connectivity index (χ2v) is 5.03. The second-order valence-electron chi connectivity index (χ2n) is 5.03. The Morgan fingerprint density at radius 2 is 2.10 bits per heavy atom. The minimum atomic E-state index is -0.757. The van der Waals surface area contributed by atoms with Crippen molar-refractivity contribution in [3.05, 3.63) is 42.2 Å². The molecule has 0 fully saturated rings. The molecule has 1 heterocycles. The average molecular weight is 272 g/mol. The molecule has 0 aliphatic rings. The van der Waals surface area contributed by atoms with E-state index in [9.17, 15) is 4.79 Å². The number of hydrogen-bond acceptors (Lipinski definition) is 3. The maximum absolute atomic E-state index is 10.9. The minimum Gasteiger partial charge on any atom is -0.481 e. The zero-order chi connectivity index (χ0) is 14.5. The number of aromatic nitrogens is 1. The Kier molecular flexibility index (Phi) is 4.69. The molecule has 20 heavy (non-hydrogen) atoms. The van der Waals surface area contributed by atoms with E-state index in [0.29, 0.717) is 0 Å². The summed E-state index contributed by atoms with van der Waals surface area (Å²) in [5, 5.41) is 11.2. The Morgan fingerprint density at radius 3 is 2.80 bits per heavy atom. The van der Waals surface area contributed by atoms with Crippen molar-refractivity contribution < 1.29 is 9.90 Å². The largest absolute Gasteiger partial charge is 0.481 e. The zero-order valence-electron chi connectivity index (χ0n) is 11.9. The normalized spacial score (nSPS) is 12.8. The van der Waals surface area contributed by atoms with E-state index in [1.54, 1.807) is 0 Å². The van der Waals surface area contributed by atoms with Crippen LogP contribution in [0.4, 0.5) is 0 Å². The van der Waals surface area contributed by atoms with Gasteiger partial charge in [0, 0.05) is 30.4 Å². The molecule has 0 saturated heterocycles. The minimum absolute atomic E-state index is 0.0106. The highest BCUT2D eigenvalue weighted by molar-refractivity contribution is 5.84. The Hall–Kier alpha value is -1.94. The molecule has 2 rings (SSSR count). The molecule has 4 nitrogen and oxygen atoms in total. The smallest absolute Gasteiger partial charge is 0.304 e. The topological polar surface area (TPSA) is 53.4 Å². The van der Waals surface area contributed by atoms with Gasteiger partial charge in [0.2, 0.25) is 0 Å². The number of aliphatic carboxylic acids is 1. The van der Waals surface area contributed by atoms with Gasteiger partial charge in [-0.25, -0.2) is 0 Å². The maximum atomic E-state index is 10.9. The Balaban J connectivity index is 2.23. The van der Waals surface area contributed by atoms with Crippen molar-refractivity contribution >= 4 is 16.7 Å². The number of carboxylic acids is 1. The van der Waals surface area contributed by atoms with Crippen LogP contribution in [0.2, 0.25) is 0 Å². The van der Waals surface area contributed by atoms with Gasteiger partial charge in [0.25, 0.3) is 0 Å². The second kappa shape index (κ2) is 6.48. The first-order valence-corrected chi connectivity index (χ1v) is 6.89. The van der Waals surface area contributed by atoms with Gasteiger partial charge in [-0.2, -0.15) is 0 Å². The van der Waals surface area contributed by atoms with E-state index >= 15 is 0 Å². The van der Waals surface area contributed by atoms with Crippen LogP contribution >= 0.6 is 0 Å². The van der Waals surface area contributed by atoms with Crippen LogP contribution in [0.15, 0.2) is 36.7 Å². The third-order valence-electron chi connectivity index (χ3n) is 3.62. The van der Waals surface area contributed by atoms with E-state index in [4.69, 9.17) is 5.11 Å². The van der Waals surface area contributed by atoms with Crippen LogP contribution in [-0.4, -0.2) is 33.5 Å². The molecular formula is C16H20N2O2. The maximum Gasteiger partial charge on any atom is 0.304 e. The van der Waals surface area contributed by atoms with Gasteiger partial charge in [-0.3, -0.25) is 14.7 Å². The van der Waals surface area contributed by atoms with Crippen molar-refractivity contribution in [1.29, 1.82) is 0 Å². The lowest BCUT2D eigenvalue weighted by Crippen LogP contribution is -2.34. The van der Waals surface area contributed by atoms with Gasteiger partial charge < -0.3 is 5.11 Å². The van der Waals surface area contributed by atoms with Gasteiger partial charge >= 0.3 is 5.97 Å². The molecule has 0 aliphatic heterocycles. The molecule has 4 heteroatoms. The summed E-state index contributed by atoms with van der Waals surface area (Å²) in [6.45, 7) is 5.55. The van der Waals surface area contributed by atoms with Gasteiger partial charge in [-0.1, -0.05) is 31.2 Å². The first-order valence-electron chi connectivity index (χ1n) is 6.89. The summed E-state index contributed by atoms with van der Waals surface area (Å²) >= 11 is 0. The first kappa shape index (κ1) is 14.5. The summed E-state index contributed by atoms with van der Waals surface area (Å²) in [6, 6.07) is 8.16. The lowest BCUT2D eigenvalue weighted by Gasteiger charge is -2.27. The van der Waals surface area contributed by atoms with Crippen LogP contribution in [-0.2, 0) is 11.3 Å². The predicted molar refractivity (Wildman–Crippen MR) is 79.5 cm³/mol. The molecule has 1 N–H and O–H groups in total. The van der Waals surface area contributed by atoms with E-state index in [-0.39, 0.29) is 12.5 Å². The molecule has 106 valence electrons. The van der Waals surface area contributed by atoms with Gasteiger partial charge in [-0.15, -0.1) is 0 Å². The van der Waals surface area contributed by atoms with E-state index in [2.05, 4.69) is 22.9 Å². The zero-order valence-corrected chi connectivity index (χ0v) is 11.9. The fourth-order valence-corrected chi connectivity index (χ4v) is 2.49. The molecule has 0 amide bonds. The molecule has 1 aromatic carbocycles. The number of benzene rings is 1. The third kappa shape index (κ3) is 3.33. The van der Waals surface area contributed by atoms with E-state index in [0.717, 1.165) is 24.0 Å². The molecule has 0 aliphatic carbocycles. The lowest BCUT2D eigenvalue weighted by atomic mass is 10.1. The van der Waals surface area contributed by atoms with Crippen LogP contribution in [0.1, 0.15) is 25.8 Å². The van der Waals surface area contributed by atoms with Crippen LogP contribution in [0, 0.1) is 0 Å². The van der Waals surface area contributed by atoms with Crippen molar-refractivity contribution in [2.75, 3.05) is 6.54 Å². The highest BCUT2D eigenvalue weighted by Crippen LogP contribution is 2.19. The van der Waals surface area contributed by atoms with E-state index in [1.807, 2.05) is 37.5 Å². The predicted octanol–water partition coefficient (Wildman–Crippen LogP) is 2.92. The summed E-state index contributed by atoms with van der Waals surface area (Å²) in [6.07, 6.45) is 3.89. The number of hydrogen-bond donors (Lipinski definition) is 1. The molecule has 0 saturated carbocycles. The molecule has 1 aromatic heterocycles. The first-order chi connectivity index (χ1) is 9.61. The van der Waals surface area contributed by atoms with Gasteiger partial charge in [0.05, 0.1) is 6.42 Å². The molecular weight excluding hydrogens is 252 g/mol. The molecule has 1 unspecified atom stereocenters. The monoisotopic (exact) mass is 272 g/mol. The average Bonchev–Trinajstić information content (AvgIpc) is 2.44. The quantitative estimate of drug-likeness (QED) is 0.878. The Bertz CT molecular complexity index is 593. The highest BCUT2D eigenvalue weighted by Gasteiger charge is 2.16. The summed E-state index contributed by atoms with van der Waals surface area (Å²) in [4.78, 5) is 17.3. The van der Waals surface area contributed by atoms with Crippen molar-refractivity contribution in [3.63, 3.8) is 0 Å². The molecule has 0 bridgehead atoms. The SMILES string of the molecule is CCN(Cc1cncc2ccccc12)C(C)CC(=O)O. The van der Waals surface area contributed by atoms with Crippen LogP contribution in [0.25, 0.3) is 10.8 Å². The number of fused-ring (bicyclic) bond motifs is 1. The summed E-state index contributed by atoms with van der Waals surface area (Å²) in [5.74, 6) is -0.757. The number of nitrogens with zero attached hydrogens (tertiary/aromatic N) is 2. The van der Waals surface area contributed by atoms with Gasteiger partial charge in [0.1, 0.15) is 0 Å². The van der Waals surface area contributed by atoms with E-state index in [1.165, 1.54) is 5.39 Å². The number of carbonyl (C=O) groups is 1. The molecule has 0 spiro atoms. The highest BCUT2D eigenvalue weighted by atomic mass is 16.4. The van der Waals surface area contributed by atoms with Crippen molar-refractivity contribution in [3.8, 4) is 0 Å².